The molecule has 2 aliphatic rings. The first-order chi connectivity index (χ1) is 8.31. The third-order valence-corrected chi connectivity index (χ3v) is 3.93. The zero-order valence-electron chi connectivity index (χ0n) is 10.5. The van der Waals surface area contributed by atoms with E-state index in [0.717, 1.165) is 18.6 Å². The van der Waals surface area contributed by atoms with Crippen molar-refractivity contribution in [3.8, 4) is 0 Å². The first kappa shape index (κ1) is 11.2. The van der Waals surface area contributed by atoms with Crippen molar-refractivity contribution in [2.75, 3.05) is 13.1 Å². The summed E-state index contributed by atoms with van der Waals surface area (Å²) in [4.78, 5) is 6.69. The Kier molecular flexibility index (Phi) is 3.16. The van der Waals surface area contributed by atoms with Gasteiger partial charge >= 0.3 is 0 Å². The van der Waals surface area contributed by atoms with Crippen LogP contribution in [0.25, 0.3) is 0 Å². The summed E-state index contributed by atoms with van der Waals surface area (Å²) in [7, 11) is 0. The Morgan fingerprint density at radius 3 is 2.94 bits per heavy atom. The molecular weight excluding hydrogens is 212 g/mol. The van der Waals surface area contributed by atoms with Crippen molar-refractivity contribution in [2.24, 2.45) is 0 Å². The molecule has 3 rings (SSSR count). The Balaban J connectivity index is 1.47. The molecule has 1 N–H and O–H groups in total. The molecule has 1 saturated carbocycles. The van der Waals surface area contributed by atoms with Crippen molar-refractivity contribution in [1.29, 1.82) is 0 Å². The van der Waals surface area contributed by atoms with E-state index in [-0.39, 0.29) is 0 Å². The van der Waals surface area contributed by atoms with Crippen LogP contribution in [0, 0.1) is 0 Å². The topological polar surface area (TPSA) is 33.1 Å². The zero-order valence-corrected chi connectivity index (χ0v) is 10.5. The molecule has 2 unspecified atom stereocenters. The minimum absolute atomic E-state index is 0.607. The Hall–Kier alpha value is -0.870. The van der Waals surface area contributed by atoms with E-state index in [0.29, 0.717) is 6.04 Å². The van der Waals surface area contributed by atoms with Crippen molar-refractivity contribution < 1.29 is 0 Å². The summed E-state index contributed by atoms with van der Waals surface area (Å²) in [5.41, 5.74) is 0. The molecule has 2 atom stereocenters. The Morgan fingerprint density at radius 2 is 2.24 bits per heavy atom. The van der Waals surface area contributed by atoms with Gasteiger partial charge in [-0.25, -0.2) is 4.98 Å². The lowest BCUT2D eigenvalue weighted by Gasteiger charge is -2.24. The van der Waals surface area contributed by atoms with Crippen LogP contribution in [0.3, 0.4) is 0 Å². The summed E-state index contributed by atoms with van der Waals surface area (Å²) in [6.45, 7) is 5.82. The SMILES string of the molecule is CC(Cn1ccnc1)N1CCC(NC2CC2)C1. The maximum Gasteiger partial charge on any atom is 0.0946 e. The molecule has 4 nitrogen and oxygen atoms in total. The number of likely N-dealkylation sites (tertiary alicyclic amines) is 1. The first-order valence-corrected chi connectivity index (χ1v) is 6.77. The van der Waals surface area contributed by atoms with Crippen LogP contribution < -0.4 is 5.32 Å². The summed E-state index contributed by atoms with van der Waals surface area (Å²) < 4.78 is 2.17. The molecule has 17 heavy (non-hydrogen) atoms. The predicted octanol–water partition coefficient (Wildman–Crippen LogP) is 1.10. The average molecular weight is 234 g/mol. The predicted molar refractivity (Wildman–Crippen MR) is 67.8 cm³/mol. The normalized spacial score (nSPS) is 27.5. The third-order valence-electron chi connectivity index (χ3n) is 3.93. The third kappa shape index (κ3) is 2.87. The van der Waals surface area contributed by atoms with Gasteiger partial charge in [-0.15, -0.1) is 0 Å². The van der Waals surface area contributed by atoms with Gasteiger partial charge in [0.1, 0.15) is 0 Å². The lowest BCUT2D eigenvalue weighted by Crippen LogP contribution is -2.38. The first-order valence-electron chi connectivity index (χ1n) is 6.77. The molecule has 4 heteroatoms. The van der Waals surface area contributed by atoms with Crippen LogP contribution in [0.5, 0.6) is 0 Å². The fourth-order valence-electron chi connectivity index (χ4n) is 2.72. The fourth-order valence-corrected chi connectivity index (χ4v) is 2.72. The number of hydrogen-bond donors (Lipinski definition) is 1. The molecule has 0 spiro atoms. The standard InChI is InChI=1S/C13H22N4/c1-11(8-16-7-5-14-10-16)17-6-4-13(9-17)15-12-2-3-12/h5,7,10-13,15H,2-4,6,8-9H2,1H3. The molecule has 1 aliphatic heterocycles. The van der Waals surface area contributed by atoms with Crippen LogP contribution in [0.2, 0.25) is 0 Å². The largest absolute Gasteiger partial charge is 0.336 e. The van der Waals surface area contributed by atoms with Crippen molar-refractivity contribution >= 4 is 0 Å². The van der Waals surface area contributed by atoms with Crippen LogP contribution in [0.4, 0.5) is 0 Å². The van der Waals surface area contributed by atoms with Crippen molar-refractivity contribution in [3.63, 3.8) is 0 Å². The van der Waals surface area contributed by atoms with Gasteiger partial charge in [0.05, 0.1) is 6.33 Å². The lowest BCUT2D eigenvalue weighted by atomic mass is 10.2. The molecule has 1 aliphatic carbocycles. The molecule has 2 heterocycles. The monoisotopic (exact) mass is 234 g/mol. The van der Waals surface area contributed by atoms with Gasteiger partial charge in [-0.05, 0) is 26.2 Å². The van der Waals surface area contributed by atoms with Gasteiger partial charge in [-0.2, -0.15) is 0 Å². The minimum Gasteiger partial charge on any atom is -0.336 e. The number of nitrogens with zero attached hydrogens (tertiary/aromatic N) is 3. The van der Waals surface area contributed by atoms with Gasteiger partial charge in [-0.1, -0.05) is 0 Å². The number of rotatable bonds is 5. The second-order valence-electron chi connectivity index (χ2n) is 5.53. The van der Waals surface area contributed by atoms with Gasteiger partial charge in [-0.3, -0.25) is 4.90 Å². The molecule has 1 aromatic heterocycles. The molecule has 0 radical (unpaired) electrons. The van der Waals surface area contributed by atoms with E-state index in [4.69, 9.17) is 0 Å². The minimum atomic E-state index is 0.607. The average Bonchev–Trinajstić information content (AvgIpc) is 2.81. The Labute approximate surface area is 103 Å². The summed E-state index contributed by atoms with van der Waals surface area (Å²) in [6.07, 6.45) is 9.90. The fraction of sp³-hybridized carbons (Fsp3) is 0.769. The highest BCUT2D eigenvalue weighted by Gasteiger charge is 2.30. The van der Waals surface area contributed by atoms with Crippen molar-refractivity contribution in [3.05, 3.63) is 18.7 Å². The van der Waals surface area contributed by atoms with Gasteiger partial charge in [0.25, 0.3) is 0 Å². The molecule has 0 amide bonds. The molecule has 0 bridgehead atoms. The lowest BCUT2D eigenvalue weighted by molar-refractivity contribution is 0.229. The summed E-state index contributed by atoms with van der Waals surface area (Å²) >= 11 is 0. The van der Waals surface area contributed by atoms with Crippen LogP contribution in [-0.4, -0.2) is 45.7 Å². The van der Waals surface area contributed by atoms with E-state index in [1.54, 1.807) is 0 Å². The summed E-state index contributed by atoms with van der Waals surface area (Å²) in [5, 5.41) is 3.74. The maximum atomic E-state index is 4.10. The second-order valence-corrected chi connectivity index (χ2v) is 5.53. The number of imidazole rings is 1. The number of hydrogen-bond acceptors (Lipinski definition) is 3. The van der Waals surface area contributed by atoms with Crippen LogP contribution in [0.1, 0.15) is 26.2 Å². The van der Waals surface area contributed by atoms with Crippen LogP contribution in [0.15, 0.2) is 18.7 Å². The highest BCUT2D eigenvalue weighted by atomic mass is 15.2. The molecule has 1 aromatic rings. The second kappa shape index (κ2) is 4.78. The zero-order chi connectivity index (χ0) is 11.7. The number of aromatic nitrogens is 2. The summed E-state index contributed by atoms with van der Waals surface area (Å²) in [5.74, 6) is 0. The van der Waals surface area contributed by atoms with Gasteiger partial charge in [0, 0.05) is 50.2 Å². The van der Waals surface area contributed by atoms with E-state index in [1.807, 2.05) is 18.7 Å². The highest BCUT2D eigenvalue weighted by Crippen LogP contribution is 2.22. The maximum absolute atomic E-state index is 4.10. The smallest absolute Gasteiger partial charge is 0.0946 e. The van der Waals surface area contributed by atoms with Gasteiger partial charge in [0.2, 0.25) is 0 Å². The molecule has 1 saturated heterocycles. The molecule has 94 valence electrons. The molecule has 2 fully saturated rings. The van der Waals surface area contributed by atoms with E-state index in [9.17, 15) is 0 Å². The van der Waals surface area contributed by atoms with Crippen LogP contribution >= 0.6 is 0 Å². The Bertz CT molecular complexity index is 344. The van der Waals surface area contributed by atoms with E-state index >= 15 is 0 Å². The van der Waals surface area contributed by atoms with Gasteiger partial charge in [0.15, 0.2) is 0 Å². The van der Waals surface area contributed by atoms with E-state index < -0.39 is 0 Å². The van der Waals surface area contributed by atoms with E-state index in [1.165, 1.54) is 32.4 Å². The summed E-state index contributed by atoms with van der Waals surface area (Å²) in [6, 6.07) is 2.17. The van der Waals surface area contributed by atoms with Crippen molar-refractivity contribution in [1.82, 2.24) is 19.8 Å². The van der Waals surface area contributed by atoms with Crippen molar-refractivity contribution in [2.45, 2.75) is 50.9 Å². The van der Waals surface area contributed by atoms with Gasteiger partial charge < -0.3 is 9.88 Å². The molecular formula is C13H22N4. The van der Waals surface area contributed by atoms with Crippen LogP contribution in [-0.2, 0) is 6.54 Å². The quantitative estimate of drug-likeness (QED) is 0.828. The highest BCUT2D eigenvalue weighted by molar-refractivity contribution is 4.91. The number of nitrogens with one attached hydrogen (secondary N) is 1. The molecule has 0 aromatic carbocycles. The Morgan fingerprint density at radius 1 is 1.35 bits per heavy atom. The van der Waals surface area contributed by atoms with E-state index in [2.05, 4.69) is 26.7 Å².